The maximum absolute atomic E-state index is 13.2. The Bertz CT molecular complexity index is 874. The molecule has 1 amide bonds. The van der Waals surface area contributed by atoms with Crippen LogP contribution in [0.3, 0.4) is 0 Å². The van der Waals surface area contributed by atoms with Crippen LogP contribution in [0.4, 0.5) is 0 Å². The molecule has 31 heavy (non-hydrogen) atoms. The van der Waals surface area contributed by atoms with Gasteiger partial charge in [0.2, 0.25) is 5.91 Å². The first kappa shape index (κ1) is 24.4. The number of amides is 1. The molecule has 1 heterocycles. The average molecular weight is 481 g/mol. The molecule has 2 aromatic carbocycles. The summed E-state index contributed by atoms with van der Waals surface area (Å²) in [4.78, 5) is 15.3. The van der Waals surface area contributed by atoms with Gasteiger partial charge in [-0.25, -0.2) is 0 Å². The number of ether oxygens (including phenoxy) is 1. The molecule has 168 valence electrons. The van der Waals surface area contributed by atoms with Crippen LogP contribution in [0, 0.1) is 5.92 Å². The van der Waals surface area contributed by atoms with Gasteiger partial charge in [-0.3, -0.25) is 4.79 Å². The number of carbonyl (C=O) groups excluding carboxylic acids is 1. The van der Waals surface area contributed by atoms with E-state index in [2.05, 4.69) is 32.6 Å². The zero-order valence-corrected chi connectivity index (χ0v) is 20.9. The molecular weight excluding hydrogens is 449 g/mol. The van der Waals surface area contributed by atoms with E-state index in [1.807, 2.05) is 60.3 Å². The third kappa shape index (κ3) is 5.98. The SMILES string of the molecule is CCC(CSC(C)C(C)C)N1C(=O)CO[C@H](c2cccc(Cl)c2)[C@H]1c1ccc(Cl)cc1. The minimum atomic E-state index is -0.292. The van der Waals surface area contributed by atoms with Gasteiger partial charge in [-0.2, -0.15) is 11.8 Å². The normalized spacial score (nSPS) is 21.4. The van der Waals surface area contributed by atoms with Crippen LogP contribution in [-0.2, 0) is 9.53 Å². The molecule has 2 unspecified atom stereocenters. The summed E-state index contributed by atoms with van der Waals surface area (Å²) in [6.07, 6.45) is 0.592. The molecule has 4 atom stereocenters. The Morgan fingerprint density at radius 1 is 1.06 bits per heavy atom. The topological polar surface area (TPSA) is 29.5 Å². The fourth-order valence-corrected chi connectivity index (χ4v) is 5.50. The second-order valence-corrected chi connectivity index (χ2v) is 10.7. The molecule has 1 aliphatic heterocycles. The van der Waals surface area contributed by atoms with Crippen LogP contribution in [-0.4, -0.2) is 34.5 Å². The molecule has 2 aromatic rings. The van der Waals surface area contributed by atoms with E-state index in [9.17, 15) is 4.79 Å². The second-order valence-electron chi connectivity index (χ2n) is 8.43. The van der Waals surface area contributed by atoms with Gasteiger partial charge in [0.1, 0.15) is 12.7 Å². The highest BCUT2D eigenvalue weighted by atomic mass is 35.5. The number of halogens is 2. The molecule has 1 fully saturated rings. The molecule has 0 radical (unpaired) electrons. The Hall–Kier alpha value is -1.20. The Morgan fingerprint density at radius 3 is 2.39 bits per heavy atom. The van der Waals surface area contributed by atoms with Crippen LogP contribution in [0.5, 0.6) is 0 Å². The Morgan fingerprint density at radius 2 is 1.77 bits per heavy atom. The van der Waals surface area contributed by atoms with E-state index in [1.54, 1.807) is 0 Å². The van der Waals surface area contributed by atoms with Gasteiger partial charge in [-0.1, -0.05) is 75.2 Å². The number of benzene rings is 2. The highest BCUT2D eigenvalue weighted by molar-refractivity contribution is 7.99. The second kappa shape index (κ2) is 11.1. The quantitative estimate of drug-likeness (QED) is 0.401. The maximum atomic E-state index is 13.2. The van der Waals surface area contributed by atoms with E-state index < -0.39 is 0 Å². The van der Waals surface area contributed by atoms with E-state index in [-0.39, 0.29) is 30.7 Å². The fraction of sp³-hybridized carbons (Fsp3) is 0.480. The standard InChI is InChI=1S/C25H31Cl2NO2S/c1-5-22(15-31-17(4)16(2)3)28-23(29)14-30-25(19-7-6-8-21(27)13-19)24(28)18-9-11-20(26)12-10-18/h6-13,16-17,22,24-25H,5,14-15H2,1-4H3/t17?,22?,24-,25-/m1/s1. The van der Waals surface area contributed by atoms with Crippen molar-refractivity contribution in [1.82, 2.24) is 4.90 Å². The Balaban J connectivity index is 2.00. The molecule has 0 aromatic heterocycles. The summed E-state index contributed by atoms with van der Waals surface area (Å²) >= 11 is 14.4. The van der Waals surface area contributed by atoms with Gasteiger partial charge in [-0.05, 0) is 47.7 Å². The summed E-state index contributed by atoms with van der Waals surface area (Å²) in [5, 5.41) is 1.86. The van der Waals surface area contributed by atoms with Gasteiger partial charge < -0.3 is 9.64 Å². The predicted molar refractivity (Wildman–Crippen MR) is 132 cm³/mol. The summed E-state index contributed by atoms with van der Waals surface area (Å²) in [6.45, 7) is 8.96. The first-order valence-electron chi connectivity index (χ1n) is 10.9. The van der Waals surface area contributed by atoms with Crippen molar-refractivity contribution in [3.8, 4) is 0 Å². The molecule has 3 nitrogen and oxygen atoms in total. The van der Waals surface area contributed by atoms with Crippen molar-refractivity contribution in [3.63, 3.8) is 0 Å². The van der Waals surface area contributed by atoms with Crippen LogP contribution in [0.1, 0.15) is 57.4 Å². The first-order valence-corrected chi connectivity index (χ1v) is 12.7. The Labute approximate surface area is 200 Å². The van der Waals surface area contributed by atoms with Crippen molar-refractivity contribution >= 4 is 40.9 Å². The van der Waals surface area contributed by atoms with E-state index in [0.29, 0.717) is 21.2 Å². The zero-order valence-electron chi connectivity index (χ0n) is 18.6. The van der Waals surface area contributed by atoms with Crippen LogP contribution in [0.2, 0.25) is 10.0 Å². The van der Waals surface area contributed by atoms with E-state index in [4.69, 9.17) is 27.9 Å². The van der Waals surface area contributed by atoms with Gasteiger partial charge >= 0.3 is 0 Å². The summed E-state index contributed by atoms with van der Waals surface area (Å²) in [5.41, 5.74) is 1.99. The molecule has 0 bridgehead atoms. The van der Waals surface area contributed by atoms with Crippen molar-refractivity contribution in [1.29, 1.82) is 0 Å². The third-order valence-corrected chi connectivity index (χ3v) is 8.14. The lowest BCUT2D eigenvalue weighted by atomic mass is 9.91. The minimum Gasteiger partial charge on any atom is -0.361 e. The highest BCUT2D eigenvalue weighted by Gasteiger charge is 2.41. The van der Waals surface area contributed by atoms with Crippen LogP contribution >= 0.6 is 35.0 Å². The van der Waals surface area contributed by atoms with Crippen LogP contribution in [0.15, 0.2) is 48.5 Å². The van der Waals surface area contributed by atoms with Crippen molar-refractivity contribution in [3.05, 3.63) is 69.7 Å². The molecule has 0 spiro atoms. The zero-order chi connectivity index (χ0) is 22.5. The molecule has 0 N–H and O–H groups in total. The Kier molecular flexibility index (Phi) is 8.74. The number of hydrogen-bond donors (Lipinski definition) is 0. The molecule has 1 saturated heterocycles. The number of carbonyl (C=O) groups is 1. The van der Waals surface area contributed by atoms with Crippen LogP contribution in [0.25, 0.3) is 0 Å². The third-order valence-electron chi connectivity index (χ3n) is 6.00. The molecule has 0 aliphatic carbocycles. The molecule has 6 heteroatoms. The fourth-order valence-electron chi connectivity index (χ4n) is 3.87. The largest absolute Gasteiger partial charge is 0.361 e. The number of thioether (sulfide) groups is 1. The average Bonchev–Trinajstić information content (AvgIpc) is 2.75. The summed E-state index contributed by atoms with van der Waals surface area (Å²) in [7, 11) is 0. The van der Waals surface area contributed by atoms with Crippen molar-refractivity contribution < 1.29 is 9.53 Å². The van der Waals surface area contributed by atoms with Gasteiger partial charge in [0.05, 0.1) is 6.04 Å². The van der Waals surface area contributed by atoms with E-state index in [0.717, 1.165) is 23.3 Å². The number of nitrogens with zero attached hydrogens (tertiary/aromatic N) is 1. The van der Waals surface area contributed by atoms with E-state index >= 15 is 0 Å². The molecule has 1 aliphatic rings. The van der Waals surface area contributed by atoms with E-state index in [1.165, 1.54) is 0 Å². The van der Waals surface area contributed by atoms with Gasteiger partial charge in [0, 0.05) is 27.1 Å². The molecule has 3 rings (SSSR count). The van der Waals surface area contributed by atoms with Crippen molar-refractivity contribution in [2.45, 2.75) is 57.6 Å². The van der Waals surface area contributed by atoms with Crippen molar-refractivity contribution in [2.24, 2.45) is 5.92 Å². The molecule has 0 saturated carbocycles. The monoisotopic (exact) mass is 479 g/mol. The summed E-state index contributed by atoms with van der Waals surface area (Å²) < 4.78 is 6.13. The smallest absolute Gasteiger partial charge is 0.249 e. The lowest BCUT2D eigenvalue weighted by molar-refractivity contribution is -0.162. The first-order chi connectivity index (χ1) is 14.8. The van der Waals surface area contributed by atoms with Gasteiger partial charge in [0.25, 0.3) is 0 Å². The molecular formula is C25H31Cl2NO2S. The van der Waals surface area contributed by atoms with Crippen molar-refractivity contribution in [2.75, 3.05) is 12.4 Å². The number of rotatable bonds is 8. The minimum absolute atomic E-state index is 0.0304. The van der Waals surface area contributed by atoms with Crippen LogP contribution < -0.4 is 0 Å². The summed E-state index contributed by atoms with van der Waals surface area (Å²) in [5.74, 6) is 1.52. The lowest BCUT2D eigenvalue weighted by Gasteiger charge is -2.45. The van der Waals surface area contributed by atoms with Gasteiger partial charge in [0.15, 0.2) is 0 Å². The summed E-state index contributed by atoms with van der Waals surface area (Å²) in [6, 6.07) is 15.3. The predicted octanol–water partition coefficient (Wildman–Crippen LogP) is 7.19. The lowest BCUT2D eigenvalue weighted by Crippen LogP contribution is -2.51. The van der Waals surface area contributed by atoms with Gasteiger partial charge in [-0.15, -0.1) is 0 Å². The number of morpholine rings is 1. The number of hydrogen-bond acceptors (Lipinski definition) is 3. The maximum Gasteiger partial charge on any atom is 0.249 e. The highest BCUT2D eigenvalue weighted by Crippen LogP contribution is 2.43.